The molecule has 6 nitrogen and oxygen atoms in total. The van der Waals surface area contributed by atoms with E-state index in [1.807, 2.05) is 43.5 Å². The summed E-state index contributed by atoms with van der Waals surface area (Å²) in [5.41, 5.74) is 2.17. The summed E-state index contributed by atoms with van der Waals surface area (Å²) in [4.78, 5) is 32.6. The summed E-state index contributed by atoms with van der Waals surface area (Å²) in [6.45, 7) is 2.59. The first-order valence-electron chi connectivity index (χ1n) is 8.52. The normalized spacial score (nSPS) is 11.0. The van der Waals surface area contributed by atoms with E-state index in [4.69, 9.17) is 4.74 Å². The molecule has 0 aliphatic rings. The number of hydrogen-bond acceptors (Lipinski definition) is 5. The Bertz CT molecular complexity index is 963. The highest BCUT2D eigenvalue weighted by atomic mass is 32.2. The molecule has 0 saturated heterocycles. The van der Waals surface area contributed by atoms with Crippen LogP contribution in [0.25, 0.3) is 22.2 Å². The predicted molar refractivity (Wildman–Crippen MR) is 103 cm³/mol. The third-order valence-corrected chi connectivity index (χ3v) is 4.71. The van der Waals surface area contributed by atoms with E-state index in [0.717, 1.165) is 17.5 Å². The number of hydrogen-bond donors (Lipinski definition) is 1. The fourth-order valence-corrected chi connectivity index (χ4v) is 3.36. The van der Waals surface area contributed by atoms with E-state index in [1.165, 1.54) is 11.8 Å². The molecule has 0 bridgehead atoms. The molecule has 0 fully saturated rings. The summed E-state index contributed by atoms with van der Waals surface area (Å²) in [7, 11) is 0. The van der Waals surface area contributed by atoms with Crippen LogP contribution in [0.4, 0.5) is 0 Å². The summed E-state index contributed by atoms with van der Waals surface area (Å²) >= 11 is 1.38. The van der Waals surface area contributed by atoms with Gasteiger partial charge in [0, 0.05) is 18.3 Å². The molecule has 0 aliphatic carbocycles. The van der Waals surface area contributed by atoms with Crippen LogP contribution in [0.15, 0.2) is 46.5 Å². The Kier molecular flexibility index (Phi) is 5.78. The number of rotatable bonds is 7. The third-order valence-electron chi connectivity index (χ3n) is 4.03. The number of esters is 1. The molecule has 0 aliphatic heterocycles. The molecular weight excluding hydrogens is 350 g/mol. The smallest absolute Gasteiger partial charge is 0.307 e. The van der Waals surface area contributed by atoms with Crippen molar-refractivity contribution in [2.45, 2.75) is 31.5 Å². The van der Waals surface area contributed by atoms with E-state index in [9.17, 15) is 9.59 Å². The maximum Gasteiger partial charge on any atom is 0.307 e. The molecule has 0 radical (unpaired) electrons. The highest BCUT2D eigenvalue weighted by Crippen LogP contribution is 2.26. The second-order valence-corrected chi connectivity index (χ2v) is 6.59. The van der Waals surface area contributed by atoms with Gasteiger partial charge in [-0.1, -0.05) is 49.0 Å². The Balaban J connectivity index is 2.01. The van der Waals surface area contributed by atoms with E-state index in [2.05, 4.69) is 9.97 Å². The first-order valence-corrected chi connectivity index (χ1v) is 9.75. The van der Waals surface area contributed by atoms with Crippen LogP contribution in [0.3, 0.4) is 0 Å². The van der Waals surface area contributed by atoms with E-state index < -0.39 is 0 Å². The zero-order chi connectivity index (χ0) is 18.5. The van der Waals surface area contributed by atoms with Gasteiger partial charge < -0.3 is 9.72 Å². The summed E-state index contributed by atoms with van der Waals surface area (Å²) < 4.78 is 6.66. The number of aromatic amines is 1. The average Bonchev–Trinajstić information content (AvgIpc) is 3.10. The fourth-order valence-electron chi connectivity index (χ4n) is 2.78. The summed E-state index contributed by atoms with van der Waals surface area (Å²) in [6, 6.07) is 9.71. The number of H-pyrrole nitrogens is 1. The van der Waals surface area contributed by atoms with Crippen molar-refractivity contribution in [1.29, 1.82) is 0 Å². The molecule has 136 valence electrons. The van der Waals surface area contributed by atoms with Crippen LogP contribution < -0.4 is 5.56 Å². The van der Waals surface area contributed by atoms with Crippen LogP contribution in [0, 0.1) is 0 Å². The standard InChI is InChI=1S/C19H21N3O3S/c1-3-11-25-15(23)9-10-22-18(24)16-14(13-7-5-4-6-8-13)12-20-17(16)21-19(22)26-2/h4-8,12,20H,3,9-11H2,1-2H3. The Morgan fingerprint density at radius 1 is 1.31 bits per heavy atom. The van der Waals surface area contributed by atoms with Crippen molar-refractivity contribution in [2.24, 2.45) is 0 Å². The highest BCUT2D eigenvalue weighted by Gasteiger charge is 2.17. The van der Waals surface area contributed by atoms with Gasteiger partial charge in [-0.2, -0.15) is 0 Å². The molecule has 3 rings (SSSR count). The van der Waals surface area contributed by atoms with Crippen LogP contribution in [0.1, 0.15) is 19.8 Å². The van der Waals surface area contributed by atoms with E-state index in [-0.39, 0.29) is 24.5 Å². The Labute approximate surface area is 155 Å². The highest BCUT2D eigenvalue weighted by molar-refractivity contribution is 7.98. The van der Waals surface area contributed by atoms with Crippen molar-refractivity contribution >= 4 is 28.8 Å². The van der Waals surface area contributed by atoms with Gasteiger partial charge in [-0.25, -0.2) is 4.98 Å². The lowest BCUT2D eigenvalue weighted by Crippen LogP contribution is -2.25. The molecule has 0 unspecified atom stereocenters. The molecule has 1 aromatic carbocycles. The van der Waals surface area contributed by atoms with Crippen molar-refractivity contribution in [2.75, 3.05) is 12.9 Å². The van der Waals surface area contributed by atoms with Gasteiger partial charge in [0.2, 0.25) is 0 Å². The van der Waals surface area contributed by atoms with Crippen LogP contribution >= 0.6 is 11.8 Å². The number of benzene rings is 1. The molecule has 3 aromatic rings. The molecule has 0 amide bonds. The molecule has 26 heavy (non-hydrogen) atoms. The minimum absolute atomic E-state index is 0.145. The number of fused-ring (bicyclic) bond motifs is 1. The van der Waals surface area contributed by atoms with Crippen molar-refractivity contribution in [3.8, 4) is 11.1 Å². The van der Waals surface area contributed by atoms with Crippen LogP contribution in [-0.4, -0.2) is 33.4 Å². The number of carbonyl (C=O) groups is 1. The number of aromatic nitrogens is 3. The Morgan fingerprint density at radius 2 is 2.08 bits per heavy atom. The molecule has 7 heteroatoms. The molecular formula is C19H21N3O3S. The molecule has 2 heterocycles. The Hall–Kier alpha value is -2.54. The van der Waals surface area contributed by atoms with Gasteiger partial charge >= 0.3 is 5.97 Å². The van der Waals surface area contributed by atoms with Gasteiger partial charge in [0.25, 0.3) is 5.56 Å². The van der Waals surface area contributed by atoms with Crippen molar-refractivity contribution in [3.63, 3.8) is 0 Å². The summed E-state index contributed by atoms with van der Waals surface area (Å²) in [5.74, 6) is -0.303. The lowest BCUT2D eigenvalue weighted by molar-refractivity contribution is -0.143. The lowest BCUT2D eigenvalue weighted by Gasteiger charge is -2.11. The maximum atomic E-state index is 13.1. The van der Waals surface area contributed by atoms with E-state index >= 15 is 0 Å². The van der Waals surface area contributed by atoms with Gasteiger partial charge in [-0.05, 0) is 18.2 Å². The van der Waals surface area contributed by atoms with Gasteiger partial charge in [-0.15, -0.1) is 0 Å². The predicted octanol–water partition coefficient (Wildman–Crippen LogP) is 3.46. The van der Waals surface area contributed by atoms with Gasteiger partial charge in [0.05, 0.1) is 18.4 Å². The summed E-state index contributed by atoms with van der Waals surface area (Å²) in [6.07, 6.45) is 4.59. The zero-order valence-corrected chi connectivity index (χ0v) is 15.6. The summed E-state index contributed by atoms with van der Waals surface area (Å²) in [5, 5.41) is 1.11. The SMILES string of the molecule is CCCOC(=O)CCn1c(SC)nc2[nH]cc(-c3ccccc3)c2c1=O. The largest absolute Gasteiger partial charge is 0.466 e. The zero-order valence-electron chi connectivity index (χ0n) is 14.8. The molecule has 0 spiro atoms. The lowest BCUT2D eigenvalue weighted by atomic mass is 10.1. The molecule has 1 N–H and O–H groups in total. The van der Waals surface area contributed by atoms with E-state index in [0.29, 0.717) is 22.8 Å². The van der Waals surface area contributed by atoms with Crippen LogP contribution in [0.2, 0.25) is 0 Å². The maximum absolute atomic E-state index is 13.1. The quantitative estimate of drug-likeness (QED) is 0.391. The topological polar surface area (TPSA) is 77.0 Å². The first-order chi connectivity index (χ1) is 12.7. The minimum Gasteiger partial charge on any atom is -0.466 e. The molecule has 0 atom stereocenters. The van der Waals surface area contributed by atoms with E-state index in [1.54, 1.807) is 10.8 Å². The van der Waals surface area contributed by atoms with Crippen LogP contribution in [0.5, 0.6) is 0 Å². The number of nitrogens with one attached hydrogen (secondary N) is 1. The number of ether oxygens (including phenoxy) is 1. The third kappa shape index (κ3) is 3.67. The van der Waals surface area contributed by atoms with Crippen molar-refractivity contribution in [3.05, 3.63) is 46.9 Å². The Morgan fingerprint density at radius 3 is 2.77 bits per heavy atom. The number of nitrogens with zero attached hydrogens (tertiary/aromatic N) is 2. The second-order valence-electron chi connectivity index (χ2n) is 5.82. The van der Waals surface area contributed by atoms with Crippen molar-refractivity contribution < 1.29 is 9.53 Å². The fraction of sp³-hybridized carbons (Fsp3) is 0.316. The number of thioether (sulfide) groups is 1. The number of carbonyl (C=O) groups excluding carboxylic acids is 1. The van der Waals surface area contributed by atoms with Gasteiger partial charge in [-0.3, -0.25) is 14.2 Å². The molecule has 2 aromatic heterocycles. The van der Waals surface area contributed by atoms with Crippen LogP contribution in [-0.2, 0) is 16.1 Å². The molecule has 0 saturated carbocycles. The monoisotopic (exact) mass is 371 g/mol. The second kappa shape index (κ2) is 8.23. The van der Waals surface area contributed by atoms with Gasteiger partial charge in [0.1, 0.15) is 5.65 Å². The van der Waals surface area contributed by atoms with Gasteiger partial charge in [0.15, 0.2) is 5.16 Å². The minimum atomic E-state index is -0.303. The average molecular weight is 371 g/mol. The first kappa shape index (κ1) is 18.3. The van der Waals surface area contributed by atoms with Crippen molar-refractivity contribution in [1.82, 2.24) is 14.5 Å².